The molecular weight excluding hydrogens is 672 g/mol. The molecule has 268 valence electrons. The van der Waals surface area contributed by atoms with Crippen molar-refractivity contribution in [2.45, 2.75) is 58.6 Å². The van der Waals surface area contributed by atoms with E-state index in [-0.39, 0.29) is 25.9 Å². The molecule has 0 bridgehead atoms. The van der Waals surface area contributed by atoms with E-state index in [9.17, 15) is 25.4 Å². The number of aryl methyl sites for hydroxylation is 1. The predicted octanol–water partition coefficient (Wildman–Crippen LogP) is 5.42. The molecule has 4 N–H and O–H groups in total. The molecule has 1 aliphatic heterocycles. The highest BCUT2D eigenvalue weighted by Gasteiger charge is 2.20. The Kier molecular flexibility index (Phi) is 13.2. The van der Waals surface area contributed by atoms with Crippen molar-refractivity contribution in [3.05, 3.63) is 105 Å². The average molecular weight is 715 g/mol. The van der Waals surface area contributed by atoms with Gasteiger partial charge in [-0.3, -0.25) is 15.1 Å². The van der Waals surface area contributed by atoms with Crippen LogP contribution < -0.4 is 19.5 Å². The molecule has 5 rings (SSSR count). The van der Waals surface area contributed by atoms with Gasteiger partial charge in [-0.25, -0.2) is 0 Å². The number of hydrogen-bond donors (Lipinski definition) is 4. The van der Waals surface area contributed by atoms with Crippen molar-refractivity contribution in [2.24, 2.45) is 0 Å². The van der Waals surface area contributed by atoms with E-state index in [1.165, 1.54) is 6.20 Å². The molecule has 0 radical (unpaired) electrons. The van der Waals surface area contributed by atoms with E-state index in [2.05, 4.69) is 53.3 Å². The fourth-order valence-corrected chi connectivity index (χ4v) is 6.26. The van der Waals surface area contributed by atoms with Crippen LogP contribution in [0.5, 0.6) is 17.2 Å². The van der Waals surface area contributed by atoms with Gasteiger partial charge in [-0.05, 0) is 78.8 Å². The van der Waals surface area contributed by atoms with Gasteiger partial charge < -0.3 is 34.4 Å². The van der Waals surface area contributed by atoms with Crippen LogP contribution in [0.25, 0.3) is 11.1 Å². The second-order valence-electron chi connectivity index (χ2n) is 12.6. The molecule has 0 aliphatic carbocycles. The fraction of sp³-hybridized carbons (Fsp3) is 0.359. The summed E-state index contributed by atoms with van der Waals surface area (Å²) in [4.78, 5) is 17.8. The number of benzene rings is 3. The van der Waals surface area contributed by atoms with Crippen LogP contribution in [0.1, 0.15) is 46.2 Å². The molecule has 3 aromatic carbocycles. The summed E-state index contributed by atoms with van der Waals surface area (Å²) < 4.78 is 18.4. The van der Waals surface area contributed by atoms with Crippen molar-refractivity contribution >= 4 is 17.6 Å². The van der Waals surface area contributed by atoms with Crippen molar-refractivity contribution in [1.82, 2.24) is 15.2 Å². The molecule has 1 fully saturated rings. The SMILES string of the molecule is Cc1cc(OCCCN2CC[C@@H](O)C2)ccc1-c1cccc(COc2cc(OCc3cncc(C#N)c3)c(CNC(CO)C(=O)O)cc2Cl)c1C. The first kappa shape index (κ1) is 37.6. The number of nitrogens with one attached hydrogen (secondary N) is 1. The number of pyridine rings is 1. The number of carboxylic acid groups (broad SMARTS) is 1. The number of ether oxygens (including phenoxy) is 3. The molecule has 0 spiro atoms. The highest BCUT2D eigenvalue weighted by atomic mass is 35.5. The monoisotopic (exact) mass is 714 g/mol. The summed E-state index contributed by atoms with van der Waals surface area (Å²) in [6, 6.07) is 18.1. The summed E-state index contributed by atoms with van der Waals surface area (Å²) in [7, 11) is 0. The topological polar surface area (TPSA) is 157 Å². The molecule has 1 aromatic heterocycles. The summed E-state index contributed by atoms with van der Waals surface area (Å²) in [5.41, 5.74) is 6.92. The molecule has 1 aliphatic rings. The molecule has 11 nitrogen and oxygen atoms in total. The van der Waals surface area contributed by atoms with Gasteiger partial charge in [-0.1, -0.05) is 35.9 Å². The number of rotatable bonds is 17. The Labute approximate surface area is 303 Å². The van der Waals surface area contributed by atoms with Crippen LogP contribution in [0.4, 0.5) is 0 Å². The number of hydrogen-bond acceptors (Lipinski definition) is 10. The third kappa shape index (κ3) is 10.2. The molecule has 1 saturated heterocycles. The second kappa shape index (κ2) is 18.0. The maximum absolute atomic E-state index is 11.5. The number of aliphatic carboxylic acids is 1. The van der Waals surface area contributed by atoms with Crippen molar-refractivity contribution in [2.75, 3.05) is 32.8 Å². The third-order valence-corrected chi connectivity index (χ3v) is 9.20. The zero-order valence-corrected chi connectivity index (χ0v) is 29.5. The molecule has 0 amide bonds. The van der Waals surface area contributed by atoms with Gasteiger partial charge in [0.15, 0.2) is 0 Å². The van der Waals surface area contributed by atoms with Crippen molar-refractivity contribution in [3.63, 3.8) is 0 Å². The lowest BCUT2D eigenvalue weighted by molar-refractivity contribution is -0.140. The smallest absolute Gasteiger partial charge is 0.323 e. The normalized spacial score (nSPS) is 14.9. The lowest BCUT2D eigenvalue weighted by Crippen LogP contribution is -2.39. The maximum Gasteiger partial charge on any atom is 0.323 e. The summed E-state index contributed by atoms with van der Waals surface area (Å²) in [6.07, 6.45) is 4.59. The first-order valence-corrected chi connectivity index (χ1v) is 17.2. The van der Waals surface area contributed by atoms with E-state index in [0.717, 1.165) is 66.0 Å². The van der Waals surface area contributed by atoms with Crippen molar-refractivity contribution < 1.29 is 34.3 Å². The molecule has 1 unspecified atom stereocenters. The van der Waals surface area contributed by atoms with Crippen molar-refractivity contribution in [1.29, 1.82) is 5.26 Å². The van der Waals surface area contributed by atoms with Crippen LogP contribution in [0.2, 0.25) is 5.02 Å². The molecule has 2 atom stereocenters. The Balaban J connectivity index is 1.28. The predicted molar refractivity (Wildman–Crippen MR) is 193 cm³/mol. The number of β-amino-alcohol motifs (C(OH)–C–C–N with tert-alkyl or cyclic N) is 1. The van der Waals surface area contributed by atoms with Gasteiger partial charge in [-0.2, -0.15) is 5.26 Å². The fourth-order valence-electron chi connectivity index (χ4n) is 6.02. The molecule has 12 heteroatoms. The molecule has 4 aromatic rings. The maximum atomic E-state index is 11.5. The van der Waals surface area contributed by atoms with Crippen LogP contribution in [-0.4, -0.2) is 76.2 Å². The van der Waals surface area contributed by atoms with Gasteiger partial charge >= 0.3 is 5.97 Å². The molecule has 2 heterocycles. The Bertz CT molecular complexity index is 1860. The van der Waals surface area contributed by atoms with Crippen LogP contribution in [-0.2, 0) is 24.6 Å². The number of aliphatic hydroxyl groups excluding tert-OH is 2. The number of nitriles is 1. The zero-order chi connectivity index (χ0) is 36.3. The number of carbonyl (C=O) groups is 1. The summed E-state index contributed by atoms with van der Waals surface area (Å²) in [5, 5.41) is 40.9. The minimum Gasteiger partial charge on any atom is -0.494 e. The van der Waals surface area contributed by atoms with Gasteiger partial charge in [0, 0.05) is 55.8 Å². The van der Waals surface area contributed by atoms with E-state index in [1.54, 1.807) is 24.4 Å². The quantitative estimate of drug-likeness (QED) is 0.104. The number of aliphatic hydroxyl groups is 2. The van der Waals surface area contributed by atoms with Crippen LogP contribution >= 0.6 is 11.6 Å². The van der Waals surface area contributed by atoms with E-state index in [4.69, 9.17) is 25.8 Å². The van der Waals surface area contributed by atoms with E-state index in [1.807, 2.05) is 18.2 Å². The summed E-state index contributed by atoms with van der Waals surface area (Å²) in [6.45, 7) is 7.11. The lowest BCUT2D eigenvalue weighted by atomic mass is 9.93. The van der Waals surface area contributed by atoms with Crippen LogP contribution in [0.3, 0.4) is 0 Å². The third-order valence-electron chi connectivity index (χ3n) is 8.91. The van der Waals surface area contributed by atoms with Crippen LogP contribution in [0.15, 0.2) is 67.0 Å². The first-order valence-electron chi connectivity index (χ1n) is 16.9. The van der Waals surface area contributed by atoms with E-state index in [0.29, 0.717) is 39.8 Å². The number of halogens is 1. The van der Waals surface area contributed by atoms with Gasteiger partial charge in [-0.15, -0.1) is 0 Å². The standard InChI is InChI=1S/C39H43ClN4O7/c1-25-13-32(49-12-4-10-44-11-9-31(46)21-44)7-8-33(25)34-6-3-5-29(26(34)2)24-51-38-16-37(50-23-28-14-27(17-41)18-42-19-28)30(15-35(38)40)20-43-36(22-45)39(47)48/h3,5-8,13-16,18-19,31,36,43,45-46H,4,9-12,20-24H2,1-2H3,(H,47,48)/t31-,36?/m1/s1. The van der Waals surface area contributed by atoms with E-state index >= 15 is 0 Å². The Morgan fingerprint density at radius 3 is 2.61 bits per heavy atom. The van der Waals surface area contributed by atoms with E-state index < -0.39 is 18.6 Å². The zero-order valence-electron chi connectivity index (χ0n) is 28.8. The van der Waals surface area contributed by atoms with Gasteiger partial charge in [0.2, 0.25) is 0 Å². The number of carboxylic acids is 1. The minimum atomic E-state index is -1.19. The Morgan fingerprint density at radius 2 is 1.88 bits per heavy atom. The Hall–Kier alpha value is -4.70. The van der Waals surface area contributed by atoms with Crippen LogP contribution in [0, 0.1) is 25.2 Å². The lowest BCUT2D eigenvalue weighted by Gasteiger charge is -2.19. The number of nitrogens with zero attached hydrogens (tertiary/aromatic N) is 3. The van der Waals surface area contributed by atoms with Gasteiger partial charge in [0.25, 0.3) is 0 Å². The van der Waals surface area contributed by atoms with Gasteiger partial charge in [0.05, 0.1) is 29.9 Å². The highest BCUT2D eigenvalue weighted by molar-refractivity contribution is 6.32. The van der Waals surface area contributed by atoms with Crippen molar-refractivity contribution in [3.8, 4) is 34.4 Å². The molecule has 51 heavy (non-hydrogen) atoms. The summed E-state index contributed by atoms with van der Waals surface area (Å²) >= 11 is 6.68. The highest BCUT2D eigenvalue weighted by Crippen LogP contribution is 2.36. The molecule has 0 saturated carbocycles. The minimum absolute atomic E-state index is 0.0529. The molecular formula is C39H43ClN4O7. The largest absolute Gasteiger partial charge is 0.494 e. The Morgan fingerprint density at radius 1 is 1.06 bits per heavy atom. The second-order valence-corrected chi connectivity index (χ2v) is 13.0. The number of aromatic nitrogens is 1. The first-order chi connectivity index (χ1) is 24.6. The number of likely N-dealkylation sites (tertiary alicyclic amines) is 1. The van der Waals surface area contributed by atoms with Gasteiger partial charge in [0.1, 0.15) is 42.6 Å². The average Bonchev–Trinajstić information content (AvgIpc) is 3.54. The summed E-state index contributed by atoms with van der Waals surface area (Å²) in [5.74, 6) is 0.405.